The topological polar surface area (TPSA) is 199 Å². The van der Waals surface area contributed by atoms with E-state index < -0.39 is 74.6 Å². The van der Waals surface area contributed by atoms with E-state index in [0.29, 0.717) is 6.42 Å². The summed E-state index contributed by atoms with van der Waals surface area (Å²) >= 11 is 0. The van der Waals surface area contributed by atoms with Gasteiger partial charge in [0.2, 0.25) is 0 Å². The van der Waals surface area contributed by atoms with Gasteiger partial charge in [0.05, 0.1) is 26.4 Å². The van der Waals surface area contributed by atoms with Gasteiger partial charge in [-0.15, -0.1) is 0 Å². The summed E-state index contributed by atoms with van der Waals surface area (Å²) < 4.78 is 22.9. The second kappa shape index (κ2) is 18.2. The number of hydrogen-bond donors (Lipinski definition) is 8. The maximum Gasteiger partial charge on any atom is 0.186 e. The molecule has 0 radical (unpaired) electrons. The molecule has 254 valence electrons. The Morgan fingerprint density at radius 3 is 1.52 bits per heavy atom. The maximum absolute atomic E-state index is 10.5. The molecular formula is C32H54O12. The molecule has 10 atom stereocenters. The third-order valence-electron chi connectivity index (χ3n) is 9.12. The van der Waals surface area contributed by atoms with Gasteiger partial charge >= 0.3 is 0 Å². The first-order valence-electron chi connectivity index (χ1n) is 16.0. The molecule has 1 aromatic rings. The van der Waals surface area contributed by atoms with Crippen LogP contribution in [0.4, 0.5) is 0 Å². The molecule has 12 heteroatoms. The fraction of sp³-hybridized carbons (Fsp3) is 0.812. The van der Waals surface area contributed by atoms with Gasteiger partial charge in [0, 0.05) is 5.92 Å². The number of aliphatic hydroxyl groups excluding tert-OH is 8. The second-order valence-electron chi connectivity index (χ2n) is 12.3. The highest BCUT2D eigenvalue weighted by atomic mass is 16.7. The first-order valence-corrected chi connectivity index (χ1v) is 16.0. The van der Waals surface area contributed by atoms with Crippen LogP contribution in [0.5, 0.6) is 0 Å². The molecule has 12 nitrogen and oxygen atoms in total. The molecule has 3 rings (SSSR count). The highest BCUT2D eigenvalue weighted by molar-refractivity contribution is 5.25. The zero-order chi connectivity index (χ0) is 32.3. The van der Waals surface area contributed by atoms with Gasteiger partial charge in [0.15, 0.2) is 12.6 Å². The number of aliphatic hydroxyl groups is 8. The zero-order valence-corrected chi connectivity index (χ0v) is 25.9. The molecule has 2 fully saturated rings. The third kappa shape index (κ3) is 9.40. The molecule has 1 aromatic carbocycles. The van der Waals surface area contributed by atoms with Crippen LogP contribution in [0.25, 0.3) is 0 Å². The largest absolute Gasteiger partial charge is 0.394 e. The highest BCUT2D eigenvalue weighted by Crippen LogP contribution is 2.41. The standard InChI is InChI=1S/C32H54O12/c1-3-5-13-32(14-6-4-2,21-10-8-7-9-11-21)15-12-20(18-41-30-28(39)26(37)24(35)22(16-33)43-30)19-42-31-29(40)27(38)25(36)23(17-34)44-31/h7-11,20,22-31,33-40H,3-6,12-19H2,1-2H3/t20?,22?,23?,24-,25-,26+,27+,28?,29?,30-,31-/m0/s1. The number of hydrogen-bond acceptors (Lipinski definition) is 12. The van der Waals surface area contributed by atoms with Gasteiger partial charge in [-0.05, 0) is 36.7 Å². The number of unbranched alkanes of at least 4 members (excludes halogenated alkanes) is 2. The Hall–Kier alpha value is -1.26. The Morgan fingerprint density at radius 1 is 0.659 bits per heavy atom. The van der Waals surface area contributed by atoms with Crippen molar-refractivity contribution in [1.29, 1.82) is 0 Å². The molecule has 0 saturated carbocycles. The van der Waals surface area contributed by atoms with E-state index in [-0.39, 0.29) is 24.5 Å². The Bertz CT molecular complexity index is 870. The normalized spacial score (nSPS) is 33.8. The van der Waals surface area contributed by atoms with Gasteiger partial charge in [0.25, 0.3) is 0 Å². The van der Waals surface area contributed by atoms with Crippen molar-refractivity contribution in [3.63, 3.8) is 0 Å². The van der Waals surface area contributed by atoms with Crippen molar-refractivity contribution in [2.75, 3.05) is 26.4 Å². The number of ether oxygens (including phenoxy) is 4. The SMILES string of the molecule is CCCCC(CCCC)(CCC(CO[C@H]1OC(CO)[C@H](O)[C@@H](O)C1O)CO[C@H]1OC(CO)[C@H](O)[C@@H](O)C1O)c1ccccc1. The number of benzene rings is 1. The summed E-state index contributed by atoms with van der Waals surface area (Å²) in [6.45, 7) is 3.16. The van der Waals surface area contributed by atoms with Gasteiger partial charge in [-0.1, -0.05) is 69.9 Å². The maximum atomic E-state index is 10.5. The molecule has 4 unspecified atom stereocenters. The lowest BCUT2D eigenvalue weighted by Crippen LogP contribution is -2.59. The monoisotopic (exact) mass is 630 g/mol. The van der Waals surface area contributed by atoms with Gasteiger partial charge in [-0.25, -0.2) is 0 Å². The molecular weight excluding hydrogens is 576 g/mol. The lowest BCUT2D eigenvalue weighted by molar-refractivity contribution is -0.312. The Labute approximate surface area is 260 Å². The molecule has 0 spiro atoms. The summed E-state index contributed by atoms with van der Waals surface area (Å²) in [5, 5.41) is 80.9. The fourth-order valence-corrected chi connectivity index (χ4v) is 6.20. The van der Waals surface area contributed by atoms with Crippen molar-refractivity contribution < 1.29 is 59.8 Å². The minimum Gasteiger partial charge on any atom is -0.394 e. The van der Waals surface area contributed by atoms with Crippen LogP contribution in [0.3, 0.4) is 0 Å². The summed E-state index contributed by atoms with van der Waals surface area (Å²) in [6, 6.07) is 10.4. The van der Waals surface area contributed by atoms with Gasteiger partial charge in [-0.3, -0.25) is 0 Å². The van der Waals surface area contributed by atoms with E-state index in [0.717, 1.165) is 44.9 Å². The van der Waals surface area contributed by atoms with Crippen molar-refractivity contribution in [1.82, 2.24) is 0 Å². The van der Waals surface area contributed by atoms with E-state index >= 15 is 0 Å². The Kier molecular flexibility index (Phi) is 15.4. The molecule has 8 N–H and O–H groups in total. The zero-order valence-electron chi connectivity index (χ0n) is 25.9. The molecule has 2 saturated heterocycles. The van der Waals surface area contributed by atoms with E-state index in [9.17, 15) is 40.9 Å². The minimum absolute atomic E-state index is 0.00740. The van der Waals surface area contributed by atoms with E-state index in [2.05, 4.69) is 26.0 Å². The summed E-state index contributed by atoms with van der Waals surface area (Å²) in [5.41, 5.74) is 1.14. The predicted molar refractivity (Wildman–Crippen MR) is 159 cm³/mol. The van der Waals surface area contributed by atoms with Crippen LogP contribution >= 0.6 is 0 Å². The van der Waals surface area contributed by atoms with Crippen LogP contribution in [-0.2, 0) is 24.4 Å². The Balaban J connectivity index is 1.81. The third-order valence-corrected chi connectivity index (χ3v) is 9.12. The second-order valence-corrected chi connectivity index (χ2v) is 12.3. The quantitative estimate of drug-likeness (QED) is 0.111. The Morgan fingerprint density at radius 2 is 1.11 bits per heavy atom. The van der Waals surface area contributed by atoms with E-state index in [4.69, 9.17) is 18.9 Å². The average Bonchev–Trinajstić information content (AvgIpc) is 3.05. The van der Waals surface area contributed by atoms with E-state index in [1.54, 1.807) is 0 Å². The van der Waals surface area contributed by atoms with Crippen LogP contribution in [-0.4, -0.2) is 129 Å². The van der Waals surface area contributed by atoms with Gasteiger partial charge in [-0.2, -0.15) is 0 Å². The molecule has 2 aliphatic heterocycles. The minimum atomic E-state index is -1.58. The molecule has 44 heavy (non-hydrogen) atoms. The average molecular weight is 631 g/mol. The van der Waals surface area contributed by atoms with Crippen LogP contribution in [0.15, 0.2) is 30.3 Å². The lowest BCUT2D eigenvalue weighted by atomic mass is 9.69. The summed E-state index contributed by atoms with van der Waals surface area (Å²) in [7, 11) is 0. The first-order chi connectivity index (χ1) is 21.1. The van der Waals surface area contributed by atoms with E-state index in [1.807, 2.05) is 18.2 Å². The highest BCUT2D eigenvalue weighted by Gasteiger charge is 2.46. The lowest BCUT2D eigenvalue weighted by Gasteiger charge is -2.41. The van der Waals surface area contributed by atoms with Crippen molar-refractivity contribution in [2.45, 2.75) is 132 Å². The smallest absolute Gasteiger partial charge is 0.186 e. The van der Waals surface area contributed by atoms with Crippen molar-refractivity contribution in [3.8, 4) is 0 Å². The first kappa shape index (κ1) is 37.2. The van der Waals surface area contributed by atoms with Crippen molar-refractivity contribution >= 4 is 0 Å². The fourth-order valence-electron chi connectivity index (χ4n) is 6.20. The molecule has 0 amide bonds. The summed E-state index contributed by atoms with van der Waals surface area (Å²) in [4.78, 5) is 0. The molecule has 0 bridgehead atoms. The molecule has 2 aliphatic rings. The van der Waals surface area contributed by atoms with Gasteiger partial charge < -0.3 is 59.8 Å². The molecule has 0 aliphatic carbocycles. The summed E-state index contributed by atoms with van der Waals surface area (Å²) in [6.07, 6.45) is -6.63. The van der Waals surface area contributed by atoms with Crippen LogP contribution in [0, 0.1) is 5.92 Å². The van der Waals surface area contributed by atoms with Crippen molar-refractivity contribution in [3.05, 3.63) is 35.9 Å². The van der Waals surface area contributed by atoms with Crippen molar-refractivity contribution in [2.24, 2.45) is 5.92 Å². The summed E-state index contributed by atoms with van der Waals surface area (Å²) in [5.74, 6) is -0.346. The van der Waals surface area contributed by atoms with Crippen LogP contribution < -0.4 is 0 Å². The molecule has 2 heterocycles. The predicted octanol–water partition coefficient (Wildman–Crippen LogP) is 0.334. The van der Waals surface area contributed by atoms with Gasteiger partial charge in [0.1, 0.15) is 48.8 Å². The van der Waals surface area contributed by atoms with E-state index in [1.165, 1.54) is 5.56 Å². The van der Waals surface area contributed by atoms with Crippen LogP contribution in [0.1, 0.15) is 70.8 Å². The molecule has 0 aromatic heterocycles. The number of rotatable bonds is 18. The van der Waals surface area contributed by atoms with Crippen LogP contribution in [0.2, 0.25) is 0 Å².